The van der Waals surface area contributed by atoms with Crippen molar-refractivity contribution in [2.24, 2.45) is 0 Å². The second-order valence-corrected chi connectivity index (χ2v) is 9.95. The number of hydrogen-bond acceptors (Lipinski definition) is 8. The normalized spacial score (nSPS) is 13.1. The Balaban J connectivity index is 1.56. The molecular weight excluding hydrogens is 482 g/mol. The molecule has 1 aliphatic heterocycles. The molecule has 10 heteroatoms. The van der Waals surface area contributed by atoms with Gasteiger partial charge in [-0.1, -0.05) is 42.5 Å². The number of ether oxygens (including phenoxy) is 1. The number of aromatic amines is 1. The van der Waals surface area contributed by atoms with Crippen LogP contribution >= 0.6 is 0 Å². The molecular formula is C28H33N7O3. The lowest BCUT2D eigenvalue weighted by molar-refractivity contribution is 0.0469. The number of benzene rings is 2. The van der Waals surface area contributed by atoms with E-state index in [1.165, 1.54) is 11.1 Å². The molecule has 4 aromatic rings. The van der Waals surface area contributed by atoms with Crippen LogP contribution in [0.15, 0.2) is 42.5 Å². The second kappa shape index (κ2) is 10.4. The summed E-state index contributed by atoms with van der Waals surface area (Å²) in [5.41, 5.74) is 5.07. The minimum absolute atomic E-state index is 0.242. The Morgan fingerprint density at radius 2 is 1.84 bits per heavy atom. The monoisotopic (exact) mass is 515 g/mol. The van der Waals surface area contributed by atoms with Crippen molar-refractivity contribution in [3.63, 3.8) is 0 Å². The number of anilines is 2. The highest BCUT2D eigenvalue weighted by Crippen LogP contribution is 2.37. The van der Waals surface area contributed by atoms with E-state index in [9.17, 15) is 9.90 Å². The molecule has 0 saturated heterocycles. The molecule has 0 bridgehead atoms. The molecule has 2 aromatic heterocycles. The second-order valence-electron chi connectivity index (χ2n) is 9.95. The van der Waals surface area contributed by atoms with E-state index in [1.807, 2.05) is 17.6 Å². The highest BCUT2D eigenvalue weighted by molar-refractivity contribution is 5.89. The number of nitrogens with zero attached hydrogens (tertiary/aromatic N) is 6. The number of tetrazole rings is 1. The van der Waals surface area contributed by atoms with E-state index in [2.05, 4.69) is 66.9 Å². The smallest absolute Gasteiger partial charge is 0.357 e. The molecule has 2 N–H and O–H groups in total. The molecule has 0 unspecified atom stereocenters. The Labute approximate surface area is 221 Å². The van der Waals surface area contributed by atoms with Crippen molar-refractivity contribution in [3.05, 3.63) is 82.2 Å². The molecule has 0 amide bonds. The first kappa shape index (κ1) is 25.6. The summed E-state index contributed by atoms with van der Waals surface area (Å²) in [6, 6.07) is 14.8. The SMILES string of the molecule is CCOC(=O)c1c(C(C)(C)O)nc(CC)n1Cc1ccc2c(c1)CCc1ccccc1N2Cc1nn[nH]n1. The number of nitrogens with one attached hydrogen (secondary N) is 1. The van der Waals surface area contributed by atoms with E-state index in [4.69, 9.17) is 4.74 Å². The fourth-order valence-electron chi connectivity index (χ4n) is 5.10. The van der Waals surface area contributed by atoms with Crippen LogP contribution in [0.3, 0.4) is 0 Å². The number of carbonyl (C=O) groups is 1. The molecule has 0 fully saturated rings. The third kappa shape index (κ3) is 4.91. The molecule has 0 atom stereocenters. The van der Waals surface area contributed by atoms with Crippen molar-refractivity contribution < 1.29 is 14.6 Å². The number of esters is 1. The standard InChI is InChI=1S/C28H33N7O3/c1-5-24-29-26(28(3,4)37)25(27(36)38-6-2)35(24)16-18-11-14-22-20(15-18)13-12-19-9-7-8-10-21(19)34(22)17-23-30-32-33-31-23/h7-11,14-15,37H,5-6,12-13,16-17H2,1-4H3,(H,30,31,32,33). The fraction of sp³-hybridized carbons (Fsp3) is 0.393. The number of para-hydroxylation sites is 1. The number of H-pyrrole nitrogens is 1. The van der Waals surface area contributed by atoms with Gasteiger partial charge in [0, 0.05) is 24.3 Å². The lowest BCUT2D eigenvalue weighted by Gasteiger charge is -2.26. The average Bonchev–Trinajstić information content (AvgIpc) is 3.51. The Hall–Kier alpha value is -4.05. The minimum atomic E-state index is -1.29. The van der Waals surface area contributed by atoms with Crippen molar-refractivity contribution in [1.29, 1.82) is 0 Å². The maximum Gasteiger partial charge on any atom is 0.357 e. The molecule has 1 aliphatic rings. The van der Waals surface area contributed by atoms with Gasteiger partial charge in [-0.3, -0.25) is 0 Å². The van der Waals surface area contributed by atoms with Crippen molar-refractivity contribution in [1.82, 2.24) is 30.2 Å². The predicted molar refractivity (Wildman–Crippen MR) is 142 cm³/mol. The van der Waals surface area contributed by atoms with E-state index in [0.29, 0.717) is 36.7 Å². The van der Waals surface area contributed by atoms with Crippen LogP contribution in [0.5, 0.6) is 0 Å². The summed E-state index contributed by atoms with van der Waals surface area (Å²) in [7, 11) is 0. The summed E-state index contributed by atoms with van der Waals surface area (Å²) < 4.78 is 7.25. The predicted octanol–water partition coefficient (Wildman–Crippen LogP) is 3.85. The zero-order valence-electron chi connectivity index (χ0n) is 22.2. The molecule has 38 heavy (non-hydrogen) atoms. The number of rotatable bonds is 8. The molecule has 10 nitrogen and oxygen atoms in total. The van der Waals surface area contributed by atoms with Crippen LogP contribution in [0, 0.1) is 0 Å². The molecule has 2 aromatic carbocycles. The van der Waals surface area contributed by atoms with Crippen LogP contribution in [0.25, 0.3) is 0 Å². The largest absolute Gasteiger partial charge is 0.461 e. The molecule has 5 rings (SSSR count). The topological polar surface area (TPSA) is 122 Å². The van der Waals surface area contributed by atoms with Gasteiger partial charge < -0.3 is 19.3 Å². The maximum atomic E-state index is 13.0. The van der Waals surface area contributed by atoms with E-state index < -0.39 is 11.6 Å². The van der Waals surface area contributed by atoms with Crippen molar-refractivity contribution in [2.45, 2.75) is 65.6 Å². The molecule has 198 valence electrons. The molecule has 3 heterocycles. The minimum Gasteiger partial charge on any atom is -0.461 e. The Morgan fingerprint density at radius 1 is 1.08 bits per heavy atom. The Bertz CT molecular complexity index is 1440. The van der Waals surface area contributed by atoms with E-state index in [0.717, 1.165) is 35.6 Å². The first-order valence-corrected chi connectivity index (χ1v) is 13.0. The van der Waals surface area contributed by atoms with Crippen LogP contribution < -0.4 is 4.90 Å². The van der Waals surface area contributed by atoms with E-state index in [-0.39, 0.29) is 6.61 Å². The van der Waals surface area contributed by atoms with Crippen LogP contribution in [0.2, 0.25) is 0 Å². The summed E-state index contributed by atoms with van der Waals surface area (Å²) in [5, 5.41) is 25.4. The van der Waals surface area contributed by atoms with Crippen LogP contribution in [0.4, 0.5) is 11.4 Å². The van der Waals surface area contributed by atoms with Gasteiger partial charge in [0.15, 0.2) is 11.5 Å². The Kier molecular flexibility index (Phi) is 6.98. The van der Waals surface area contributed by atoms with Crippen molar-refractivity contribution in [2.75, 3.05) is 11.5 Å². The van der Waals surface area contributed by atoms with Gasteiger partial charge in [-0.05, 0) is 62.4 Å². The van der Waals surface area contributed by atoms with E-state index >= 15 is 0 Å². The van der Waals surface area contributed by atoms with Gasteiger partial charge in [-0.25, -0.2) is 9.78 Å². The van der Waals surface area contributed by atoms with Gasteiger partial charge in [-0.15, -0.1) is 10.2 Å². The molecule has 0 spiro atoms. The number of aryl methyl sites for hydroxylation is 3. The lowest BCUT2D eigenvalue weighted by Crippen LogP contribution is -2.23. The number of aliphatic hydroxyl groups is 1. The first-order valence-electron chi connectivity index (χ1n) is 13.0. The zero-order valence-corrected chi connectivity index (χ0v) is 22.2. The Morgan fingerprint density at radius 3 is 2.55 bits per heavy atom. The quantitative estimate of drug-likeness (QED) is 0.339. The third-order valence-electron chi connectivity index (χ3n) is 6.82. The lowest BCUT2D eigenvalue weighted by atomic mass is 10.0. The summed E-state index contributed by atoms with van der Waals surface area (Å²) in [5.74, 6) is 0.862. The summed E-state index contributed by atoms with van der Waals surface area (Å²) >= 11 is 0. The van der Waals surface area contributed by atoms with Gasteiger partial charge in [0.1, 0.15) is 17.1 Å². The summed E-state index contributed by atoms with van der Waals surface area (Å²) in [6.45, 7) is 8.21. The summed E-state index contributed by atoms with van der Waals surface area (Å²) in [6.07, 6.45) is 2.38. The maximum absolute atomic E-state index is 13.0. The number of aromatic nitrogens is 6. The number of fused-ring (bicyclic) bond motifs is 2. The third-order valence-corrected chi connectivity index (χ3v) is 6.82. The molecule has 0 saturated carbocycles. The average molecular weight is 516 g/mol. The van der Waals surface area contributed by atoms with Gasteiger partial charge in [0.25, 0.3) is 0 Å². The number of imidazole rings is 1. The van der Waals surface area contributed by atoms with Crippen LogP contribution in [0.1, 0.15) is 72.2 Å². The highest BCUT2D eigenvalue weighted by atomic mass is 16.5. The number of hydrogen-bond donors (Lipinski definition) is 2. The van der Waals surface area contributed by atoms with Gasteiger partial charge in [-0.2, -0.15) is 5.21 Å². The number of carbonyl (C=O) groups excluding carboxylic acids is 1. The first-order chi connectivity index (χ1) is 18.3. The molecule has 0 radical (unpaired) electrons. The molecule has 0 aliphatic carbocycles. The van der Waals surface area contributed by atoms with Crippen molar-refractivity contribution in [3.8, 4) is 0 Å². The van der Waals surface area contributed by atoms with Gasteiger partial charge in [0.05, 0.1) is 13.2 Å². The van der Waals surface area contributed by atoms with Crippen molar-refractivity contribution >= 4 is 17.3 Å². The van der Waals surface area contributed by atoms with Gasteiger partial charge in [0.2, 0.25) is 0 Å². The fourth-order valence-corrected chi connectivity index (χ4v) is 5.10. The zero-order chi connectivity index (χ0) is 26.9. The van der Waals surface area contributed by atoms with E-state index in [1.54, 1.807) is 20.8 Å². The van der Waals surface area contributed by atoms with Crippen LogP contribution in [-0.2, 0) is 42.7 Å². The van der Waals surface area contributed by atoms with Gasteiger partial charge >= 0.3 is 5.97 Å². The highest BCUT2D eigenvalue weighted by Gasteiger charge is 2.32. The summed E-state index contributed by atoms with van der Waals surface area (Å²) in [4.78, 5) is 19.9. The van der Waals surface area contributed by atoms with Crippen LogP contribution in [-0.4, -0.2) is 47.9 Å².